The second kappa shape index (κ2) is 8.33. The van der Waals surface area contributed by atoms with Gasteiger partial charge >= 0.3 is 0 Å². The van der Waals surface area contributed by atoms with Crippen LogP contribution >= 0.6 is 11.8 Å². The van der Waals surface area contributed by atoms with Gasteiger partial charge in [-0.05, 0) is 87.4 Å². The zero-order valence-corrected chi connectivity index (χ0v) is 20.7. The smallest absolute Gasteiger partial charge is 0.230 e. The molecule has 0 spiro atoms. The first-order valence-electron chi connectivity index (χ1n) is 12.2. The number of aryl methyl sites for hydroxylation is 1. The van der Waals surface area contributed by atoms with Crippen molar-refractivity contribution in [2.45, 2.75) is 74.0 Å². The Morgan fingerprint density at radius 2 is 1.86 bits per heavy atom. The lowest BCUT2D eigenvalue weighted by Gasteiger charge is -2.41. The fraction of sp³-hybridized carbons (Fsp3) is 0.462. The predicted molar refractivity (Wildman–Crippen MR) is 134 cm³/mol. The summed E-state index contributed by atoms with van der Waals surface area (Å²) in [5.41, 5.74) is 1.37. The number of anilines is 3. The van der Waals surface area contributed by atoms with Crippen LogP contribution in [0.25, 0.3) is 0 Å². The van der Waals surface area contributed by atoms with Gasteiger partial charge in [0.1, 0.15) is 11.5 Å². The zero-order chi connectivity index (χ0) is 24.2. The molecule has 2 heterocycles. The molecule has 3 aliphatic carbocycles. The molecule has 6 rings (SSSR count). The van der Waals surface area contributed by atoms with E-state index < -0.39 is 5.67 Å². The Bertz CT molecular complexity index is 1260. The van der Waals surface area contributed by atoms with E-state index in [0.29, 0.717) is 29.6 Å². The summed E-state index contributed by atoms with van der Waals surface area (Å²) in [4.78, 5) is 22.8. The number of rotatable bonds is 8. The van der Waals surface area contributed by atoms with Crippen molar-refractivity contribution < 1.29 is 9.18 Å². The van der Waals surface area contributed by atoms with Crippen LogP contribution in [0.2, 0.25) is 0 Å². The first-order chi connectivity index (χ1) is 16.8. The van der Waals surface area contributed by atoms with E-state index in [-0.39, 0.29) is 23.2 Å². The molecule has 0 atom stereocenters. The highest BCUT2D eigenvalue weighted by atomic mass is 32.2. The van der Waals surface area contributed by atoms with Gasteiger partial charge in [-0.15, -0.1) is 0 Å². The molecule has 1 aromatic carbocycles. The average molecular weight is 493 g/mol. The van der Waals surface area contributed by atoms with Gasteiger partial charge in [-0.1, -0.05) is 6.92 Å². The molecule has 0 saturated heterocycles. The molecule has 0 radical (unpaired) electrons. The Labute approximate surface area is 208 Å². The van der Waals surface area contributed by atoms with E-state index in [0.717, 1.165) is 47.7 Å². The Kier molecular flexibility index (Phi) is 5.36. The van der Waals surface area contributed by atoms with Crippen LogP contribution in [0.3, 0.4) is 0 Å². The second-order valence-electron chi connectivity index (χ2n) is 10.6. The number of halogens is 1. The molecular formula is C26H29FN6OS. The molecule has 182 valence electrons. The van der Waals surface area contributed by atoms with Crippen LogP contribution in [0, 0.1) is 18.3 Å². The van der Waals surface area contributed by atoms with Crippen molar-refractivity contribution in [1.29, 1.82) is 0 Å². The third kappa shape index (κ3) is 4.78. The minimum Gasteiger partial charge on any atom is -0.326 e. The highest BCUT2D eigenvalue weighted by molar-refractivity contribution is 7.99. The normalized spacial score (nSPS) is 24.5. The molecule has 3 saturated carbocycles. The fourth-order valence-corrected chi connectivity index (χ4v) is 5.46. The Morgan fingerprint density at radius 3 is 2.49 bits per heavy atom. The largest absolute Gasteiger partial charge is 0.326 e. The number of nitrogens with one attached hydrogen (secondary N) is 3. The van der Waals surface area contributed by atoms with Crippen LogP contribution in [0.1, 0.15) is 62.8 Å². The molecular weight excluding hydrogens is 463 g/mol. The molecule has 7 nitrogen and oxygen atoms in total. The van der Waals surface area contributed by atoms with Crippen LogP contribution in [0.4, 0.5) is 21.7 Å². The number of hydrogen-bond acceptors (Lipinski definition) is 6. The van der Waals surface area contributed by atoms with Gasteiger partial charge in [0.05, 0.1) is 5.69 Å². The third-order valence-electron chi connectivity index (χ3n) is 7.46. The number of hydrogen-bond donors (Lipinski definition) is 3. The molecule has 1 amide bonds. The lowest BCUT2D eigenvalue weighted by atomic mass is 9.68. The van der Waals surface area contributed by atoms with Crippen LogP contribution < -0.4 is 10.6 Å². The van der Waals surface area contributed by atoms with E-state index in [9.17, 15) is 4.79 Å². The predicted octanol–water partition coefficient (Wildman–Crippen LogP) is 6.14. The van der Waals surface area contributed by atoms with Gasteiger partial charge in [0, 0.05) is 39.7 Å². The first kappa shape index (κ1) is 22.5. The molecule has 0 unspecified atom stereocenters. The van der Waals surface area contributed by atoms with Crippen LogP contribution in [0.15, 0.2) is 46.5 Å². The number of carbonyl (C=O) groups is 1. The monoisotopic (exact) mass is 492 g/mol. The molecule has 9 heteroatoms. The van der Waals surface area contributed by atoms with Crippen molar-refractivity contribution in [3.05, 3.63) is 47.8 Å². The number of amides is 1. The quantitative estimate of drug-likeness (QED) is 0.327. The molecule has 0 bridgehead atoms. The highest BCUT2D eigenvalue weighted by Gasteiger charge is 2.55. The first-order valence-corrected chi connectivity index (χ1v) is 13.1. The van der Waals surface area contributed by atoms with Crippen molar-refractivity contribution in [3.8, 4) is 0 Å². The van der Waals surface area contributed by atoms with E-state index in [1.807, 2.05) is 50.2 Å². The van der Waals surface area contributed by atoms with Crippen LogP contribution in [0.5, 0.6) is 0 Å². The fourth-order valence-electron chi connectivity index (χ4n) is 4.69. The minimum atomic E-state index is -1.02. The molecule has 3 fully saturated rings. The molecule has 3 aliphatic rings. The van der Waals surface area contributed by atoms with Gasteiger partial charge in [0.15, 0.2) is 11.0 Å². The molecule has 2 aromatic heterocycles. The van der Waals surface area contributed by atoms with E-state index in [4.69, 9.17) is 9.97 Å². The highest BCUT2D eigenvalue weighted by Crippen LogP contribution is 2.58. The molecule has 3 N–H and O–H groups in total. The summed E-state index contributed by atoms with van der Waals surface area (Å²) < 4.78 is 15.0. The summed E-state index contributed by atoms with van der Waals surface area (Å²) in [6.45, 7) is 3.93. The average Bonchev–Trinajstić information content (AvgIpc) is 3.73. The molecule has 0 aliphatic heterocycles. The van der Waals surface area contributed by atoms with Crippen molar-refractivity contribution in [3.63, 3.8) is 0 Å². The second-order valence-corrected chi connectivity index (χ2v) is 11.6. The van der Waals surface area contributed by atoms with Gasteiger partial charge in [0.25, 0.3) is 0 Å². The minimum absolute atomic E-state index is 0.0777. The van der Waals surface area contributed by atoms with Gasteiger partial charge < -0.3 is 10.6 Å². The summed E-state index contributed by atoms with van der Waals surface area (Å²) in [6, 6.07) is 11.5. The Hall–Kier alpha value is -2.94. The van der Waals surface area contributed by atoms with Gasteiger partial charge in [-0.25, -0.2) is 14.4 Å². The summed E-state index contributed by atoms with van der Waals surface area (Å²) in [6.07, 6.45) is 4.98. The number of aromatic amines is 1. The van der Waals surface area contributed by atoms with Crippen molar-refractivity contribution in [2.24, 2.45) is 11.3 Å². The number of benzene rings is 1. The van der Waals surface area contributed by atoms with Gasteiger partial charge in [-0.2, -0.15) is 5.10 Å². The Morgan fingerprint density at radius 1 is 1.11 bits per heavy atom. The SMILES string of the molecule is Cc1cc(Nc2cc(C3CC(F)(C4CC4)C3)nc(Sc3ccc(NC(=O)C4(C)CC4)cc3)n2)n[nH]1. The Balaban J connectivity index is 1.20. The standard InChI is InChI=1S/C26H29FN6OS/c1-15-11-22(33-32-15)30-21-12-20(16-13-26(27,14-16)17-3-4-17)29-24(31-21)35-19-7-5-18(6-8-19)28-23(34)25(2)9-10-25/h5-8,11-12,16-17H,3-4,9-10,13-14H2,1-2H3,(H,28,34)(H2,29,30,31,32,33). The van der Waals surface area contributed by atoms with Gasteiger partial charge in [-0.3, -0.25) is 9.89 Å². The maximum atomic E-state index is 15.0. The van der Waals surface area contributed by atoms with Crippen molar-refractivity contribution in [1.82, 2.24) is 20.2 Å². The van der Waals surface area contributed by atoms with Crippen molar-refractivity contribution in [2.75, 3.05) is 10.6 Å². The van der Waals surface area contributed by atoms with E-state index in [1.54, 1.807) is 0 Å². The zero-order valence-electron chi connectivity index (χ0n) is 19.9. The number of carbonyl (C=O) groups excluding carboxylic acids is 1. The number of H-pyrrole nitrogens is 1. The summed E-state index contributed by atoms with van der Waals surface area (Å²) >= 11 is 1.45. The summed E-state index contributed by atoms with van der Waals surface area (Å²) in [5, 5.41) is 14.0. The number of alkyl halides is 1. The van der Waals surface area contributed by atoms with Crippen molar-refractivity contribution >= 4 is 35.0 Å². The van der Waals surface area contributed by atoms with E-state index in [1.165, 1.54) is 11.8 Å². The van der Waals surface area contributed by atoms with Crippen LogP contribution in [-0.2, 0) is 4.79 Å². The lowest BCUT2D eigenvalue weighted by Crippen LogP contribution is -2.40. The lowest BCUT2D eigenvalue weighted by molar-refractivity contribution is -0.120. The number of nitrogens with zero attached hydrogens (tertiary/aromatic N) is 3. The van der Waals surface area contributed by atoms with E-state index in [2.05, 4.69) is 20.8 Å². The molecule has 3 aromatic rings. The number of aromatic nitrogens is 4. The molecule has 35 heavy (non-hydrogen) atoms. The maximum Gasteiger partial charge on any atom is 0.230 e. The maximum absolute atomic E-state index is 15.0. The summed E-state index contributed by atoms with van der Waals surface area (Å²) in [7, 11) is 0. The van der Waals surface area contributed by atoms with Crippen LogP contribution in [-0.4, -0.2) is 31.7 Å². The van der Waals surface area contributed by atoms with E-state index >= 15 is 4.39 Å². The third-order valence-corrected chi connectivity index (χ3v) is 8.33. The summed E-state index contributed by atoms with van der Waals surface area (Å²) in [5.74, 6) is 1.74. The topological polar surface area (TPSA) is 95.6 Å². The van der Waals surface area contributed by atoms with Gasteiger partial charge in [0.2, 0.25) is 5.91 Å².